The second-order valence-electron chi connectivity index (χ2n) is 23.0. The van der Waals surface area contributed by atoms with Crippen molar-refractivity contribution < 1.29 is 18.9 Å². The summed E-state index contributed by atoms with van der Waals surface area (Å²) in [4.78, 5) is 11.7. The Balaban J connectivity index is 1.05. The maximum atomic E-state index is 7.57. The number of aromatic nitrogens is 2. The molecular weight excluding hydrogens is 1090 g/mol. The first-order valence-electron chi connectivity index (χ1n) is 29.5. The number of hydrogen-bond donors (Lipinski definition) is 0. The van der Waals surface area contributed by atoms with Crippen LogP contribution in [-0.4, -0.2) is 36.4 Å². The van der Waals surface area contributed by atoms with E-state index < -0.39 is 10.8 Å². The fourth-order valence-corrected chi connectivity index (χ4v) is 15.6. The van der Waals surface area contributed by atoms with Crippen LogP contribution in [0.15, 0.2) is 243 Å². The molecule has 7 heterocycles. The highest BCUT2D eigenvalue weighted by Crippen LogP contribution is 2.57. The molecule has 0 radical (unpaired) electrons. The van der Waals surface area contributed by atoms with Gasteiger partial charge >= 0.3 is 0 Å². The van der Waals surface area contributed by atoms with Gasteiger partial charge in [-0.1, -0.05) is 243 Å². The average molecular weight is 1150 g/mol. The van der Waals surface area contributed by atoms with Crippen LogP contribution in [0, 0.1) is 10.8 Å². The van der Waals surface area contributed by atoms with Crippen molar-refractivity contribution in [3.05, 3.63) is 288 Å². The molecule has 8 heteroatoms. The minimum absolute atomic E-state index is 0.418. The molecule has 4 aliphatic rings. The molecule has 8 aromatic carbocycles. The van der Waals surface area contributed by atoms with Crippen LogP contribution >= 0.6 is 22.7 Å². The van der Waals surface area contributed by atoms with Crippen molar-refractivity contribution in [1.29, 1.82) is 0 Å². The molecule has 6 nitrogen and oxygen atoms in total. The van der Waals surface area contributed by atoms with Gasteiger partial charge in [0.05, 0.1) is 68.0 Å². The Morgan fingerprint density at radius 3 is 0.674 bits per heavy atom. The molecule has 0 saturated carbocycles. The standard InChI is InChI=1S/C78H60N2O4S2/c1-9-25-53(26-10-1)45-77(46-54-27-11-2-12-28-54)49-81-69-70(82-50-77)74-66(58-35-19-6-20-36-58)62-42-44-64(80-62)68(60-39-23-8-24-40-60)76-72-71(83-51-78(52-84-72,47-55-29-13-3-14-30-55)48-56-31-15-4-16-32-56)75(86-76)67(59-37-21-7-22-38-59)63-43-41-61(79-63)65(73(69)85-74)57-33-17-5-18-34-57/h1-44H,45-52H2. The summed E-state index contributed by atoms with van der Waals surface area (Å²) in [7, 11) is 0. The predicted molar refractivity (Wildman–Crippen MR) is 355 cm³/mol. The molecule has 0 atom stereocenters. The van der Waals surface area contributed by atoms with E-state index in [0.717, 1.165) is 112 Å². The number of fused-ring (bicyclic) bond motifs is 14. The Bertz CT molecular complexity index is 3920. The van der Waals surface area contributed by atoms with Gasteiger partial charge in [-0.25, -0.2) is 9.97 Å². The molecule has 418 valence electrons. The molecule has 8 bridgehead atoms. The zero-order valence-electron chi connectivity index (χ0n) is 47.4. The quantitative estimate of drug-likeness (QED) is 0.121. The van der Waals surface area contributed by atoms with E-state index in [1.165, 1.54) is 22.3 Å². The third kappa shape index (κ3) is 10.4. The molecule has 0 amide bonds. The number of rotatable bonds is 12. The van der Waals surface area contributed by atoms with E-state index in [9.17, 15) is 0 Å². The highest BCUT2D eigenvalue weighted by atomic mass is 32.1. The molecule has 3 aromatic heterocycles. The van der Waals surface area contributed by atoms with Crippen molar-refractivity contribution in [3.8, 4) is 67.5 Å². The summed E-state index contributed by atoms with van der Waals surface area (Å²) in [6, 6.07) is 85.7. The van der Waals surface area contributed by atoms with E-state index in [1.807, 2.05) is 0 Å². The monoisotopic (exact) mass is 1150 g/mol. The topological polar surface area (TPSA) is 62.7 Å². The van der Waals surface area contributed by atoms with E-state index in [-0.39, 0.29) is 0 Å². The Kier molecular flexibility index (Phi) is 14.3. The van der Waals surface area contributed by atoms with Crippen molar-refractivity contribution in [2.24, 2.45) is 10.8 Å². The van der Waals surface area contributed by atoms with Crippen molar-refractivity contribution in [2.45, 2.75) is 25.7 Å². The van der Waals surface area contributed by atoms with Gasteiger partial charge in [0, 0.05) is 33.1 Å². The number of nitrogens with zero attached hydrogens (tertiary/aromatic N) is 2. The molecule has 0 fully saturated rings. The van der Waals surface area contributed by atoms with Crippen molar-refractivity contribution in [1.82, 2.24) is 9.97 Å². The van der Waals surface area contributed by atoms with E-state index in [0.29, 0.717) is 49.4 Å². The normalized spacial score (nSPS) is 14.5. The van der Waals surface area contributed by atoms with Crippen LogP contribution in [0.3, 0.4) is 0 Å². The first-order chi connectivity index (χ1) is 42.5. The maximum absolute atomic E-state index is 7.57. The lowest BCUT2D eigenvalue weighted by atomic mass is 9.77. The lowest BCUT2D eigenvalue weighted by molar-refractivity contribution is 0.103. The lowest BCUT2D eigenvalue weighted by Gasteiger charge is -2.31. The summed E-state index contributed by atoms with van der Waals surface area (Å²) in [5.74, 6) is 2.82. The second-order valence-corrected chi connectivity index (χ2v) is 25.1. The number of ether oxygens (including phenoxy) is 4. The molecule has 15 rings (SSSR count). The summed E-state index contributed by atoms with van der Waals surface area (Å²) >= 11 is 3.38. The van der Waals surface area contributed by atoms with Crippen LogP contribution < -0.4 is 18.9 Å². The number of thiophene rings is 2. The van der Waals surface area contributed by atoms with Gasteiger partial charge in [0.15, 0.2) is 23.0 Å². The first-order valence-corrected chi connectivity index (χ1v) is 31.2. The molecule has 0 N–H and O–H groups in total. The number of hydrogen-bond acceptors (Lipinski definition) is 8. The first kappa shape index (κ1) is 53.1. The van der Waals surface area contributed by atoms with Gasteiger partial charge in [-0.15, -0.1) is 22.7 Å². The molecule has 86 heavy (non-hydrogen) atoms. The average Bonchev–Trinajstić information content (AvgIpc) is 1.77. The predicted octanol–water partition coefficient (Wildman–Crippen LogP) is 19.3. The van der Waals surface area contributed by atoms with E-state index in [4.69, 9.17) is 28.9 Å². The van der Waals surface area contributed by atoms with Gasteiger partial charge in [0.25, 0.3) is 0 Å². The summed E-state index contributed by atoms with van der Waals surface area (Å²) in [5, 5.41) is 0. The molecule has 11 aromatic rings. The zero-order chi connectivity index (χ0) is 57.3. The van der Waals surface area contributed by atoms with Crippen LogP contribution in [0.2, 0.25) is 0 Å². The van der Waals surface area contributed by atoms with Gasteiger partial charge in [-0.05, 0) is 94.5 Å². The van der Waals surface area contributed by atoms with Crippen LogP contribution in [-0.2, 0) is 25.7 Å². The van der Waals surface area contributed by atoms with Gasteiger partial charge in [0.1, 0.15) is 0 Å². The smallest absolute Gasteiger partial charge is 0.180 e. The summed E-state index contributed by atoms with van der Waals surface area (Å²) < 4.78 is 34.0. The highest BCUT2D eigenvalue weighted by Gasteiger charge is 2.41. The Morgan fingerprint density at radius 1 is 0.267 bits per heavy atom. The third-order valence-electron chi connectivity index (χ3n) is 16.9. The largest absolute Gasteiger partial charge is 0.487 e. The molecule has 0 unspecified atom stereocenters. The van der Waals surface area contributed by atoms with Gasteiger partial charge in [0.2, 0.25) is 0 Å². The highest BCUT2D eigenvalue weighted by molar-refractivity contribution is 7.26. The minimum atomic E-state index is -0.440. The Labute approximate surface area is 509 Å². The van der Waals surface area contributed by atoms with Crippen molar-refractivity contribution >= 4 is 65.8 Å². The SMILES string of the molecule is C1=Cc2nc1c(-c1ccccc1)c1sc(c3c1OCC(Cc1ccccc1)(Cc1ccccc1)CO3)c(-c1ccccc1)c1nc(c(-c3ccccc3)c3sc(c4c3OCC(Cc3ccccc3)(Cc3ccccc3)CO4)c2-c2ccccc2)C=C1. The van der Waals surface area contributed by atoms with Crippen molar-refractivity contribution in [3.63, 3.8) is 0 Å². The second kappa shape index (κ2) is 23.1. The minimum Gasteiger partial charge on any atom is -0.487 e. The summed E-state index contributed by atoms with van der Waals surface area (Å²) in [6.45, 7) is 1.67. The number of benzene rings is 8. The van der Waals surface area contributed by atoms with Crippen molar-refractivity contribution in [2.75, 3.05) is 26.4 Å². The summed E-state index contributed by atoms with van der Waals surface area (Å²) in [5.41, 5.74) is 15.1. The van der Waals surface area contributed by atoms with Crippen LogP contribution in [0.4, 0.5) is 0 Å². The van der Waals surface area contributed by atoms with Crippen LogP contribution in [0.25, 0.3) is 87.6 Å². The fourth-order valence-electron chi connectivity index (χ4n) is 12.9. The third-order valence-corrected chi connectivity index (χ3v) is 19.3. The molecule has 0 aliphatic carbocycles. The summed E-state index contributed by atoms with van der Waals surface area (Å²) in [6.07, 6.45) is 11.7. The van der Waals surface area contributed by atoms with E-state index in [2.05, 4.69) is 267 Å². The van der Waals surface area contributed by atoms with Gasteiger partial charge < -0.3 is 18.9 Å². The molecule has 0 spiro atoms. The molecular formula is C78H60N2O4S2. The van der Waals surface area contributed by atoms with Crippen LogP contribution in [0.1, 0.15) is 45.0 Å². The van der Waals surface area contributed by atoms with E-state index >= 15 is 0 Å². The fraction of sp³-hybridized carbons (Fsp3) is 0.128. The Morgan fingerprint density at radius 2 is 0.465 bits per heavy atom. The molecule has 4 aliphatic heterocycles. The Hall–Kier alpha value is -9.60. The van der Waals surface area contributed by atoms with Gasteiger partial charge in [-0.2, -0.15) is 0 Å². The van der Waals surface area contributed by atoms with E-state index in [1.54, 1.807) is 22.7 Å². The zero-order valence-corrected chi connectivity index (χ0v) is 49.0. The lowest BCUT2D eigenvalue weighted by Crippen LogP contribution is -2.38. The van der Waals surface area contributed by atoms with Crippen LogP contribution in [0.5, 0.6) is 23.0 Å². The molecule has 0 saturated heterocycles. The van der Waals surface area contributed by atoms with Gasteiger partial charge in [-0.3, -0.25) is 0 Å². The maximum Gasteiger partial charge on any atom is 0.180 e.